The van der Waals surface area contributed by atoms with Gasteiger partial charge in [-0.3, -0.25) is 0 Å². The van der Waals surface area contributed by atoms with Crippen molar-refractivity contribution in [3.05, 3.63) is 43.1 Å². The minimum absolute atomic E-state index is 0.255. The van der Waals surface area contributed by atoms with Gasteiger partial charge in [0.2, 0.25) is 0 Å². The highest BCUT2D eigenvalue weighted by molar-refractivity contribution is 5.95. The molecule has 2 heterocycles. The number of phenolic OH excluding ortho intramolecular Hbond substituents is 1. The Hall–Kier alpha value is -2.36. The molecule has 0 aliphatic rings. The highest BCUT2D eigenvalue weighted by Crippen LogP contribution is 2.29. The number of aromatic amines is 1. The third-order valence-corrected chi connectivity index (χ3v) is 2.54. The monoisotopic (exact) mass is 211 g/mol. The molecule has 16 heavy (non-hydrogen) atoms. The number of hydrogen-bond acceptors (Lipinski definition) is 3. The molecule has 3 aromatic rings. The van der Waals surface area contributed by atoms with Gasteiger partial charge in [0.1, 0.15) is 12.1 Å². The standard InChI is InChI=1S/C12H9N3O/c16-9-1-2-12-10(3-9)11(6-15-12)8-4-13-7-14-5-8/h1-7,15-16H. The molecular weight excluding hydrogens is 202 g/mol. The smallest absolute Gasteiger partial charge is 0.116 e. The number of rotatable bonds is 1. The van der Waals surface area contributed by atoms with Gasteiger partial charge in [-0.05, 0) is 18.2 Å². The van der Waals surface area contributed by atoms with Gasteiger partial charge in [0.25, 0.3) is 0 Å². The van der Waals surface area contributed by atoms with Crippen molar-refractivity contribution in [2.45, 2.75) is 0 Å². The first-order valence-electron chi connectivity index (χ1n) is 4.90. The van der Waals surface area contributed by atoms with Crippen LogP contribution in [0.4, 0.5) is 0 Å². The van der Waals surface area contributed by atoms with Crippen LogP contribution in [-0.2, 0) is 0 Å². The van der Waals surface area contributed by atoms with Crippen molar-refractivity contribution in [2.24, 2.45) is 0 Å². The summed E-state index contributed by atoms with van der Waals surface area (Å²) in [4.78, 5) is 11.1. The molecule has 0 amide bonds. The maximum atomic E-state index is 9.47. The Morgan fingerprint density at radius 3 is 2.75 bits per heavy atom. The highest BCUT2D eigenvalue weighted by atomic mass is 16.3. The number of benzene rings is 1. The van der Waals surface area contributed by atoms with Gasteiger partial charge >= 0.3 is 0 Å². The van der Waals surface area contributed by atoms with E-state index in [4.69, 9.17) is 0 Å². The summed E-state index contributed by atoms with van der Waals surface area (Å²) in [5, 5.41) is 10.4. The number of aromatic nitrogens is 3. The summed E-state index contributed by atoms with van der Waals surface area (Å²) in [6, 6.07) is 5.23. The van der Waals surface area contributed by atoms with Crippen molar-refractivity contribution in [1.29, 1.82) is 0 Å². The first kappa shape index (κ1) is 8.91. The van der Waals surface area contributed by atoms with Crippen LogP contribution in [0.15, 0.2) is 43.1 Å². The average molecular weight is 211 g/mol. The van der Waals surface area contributed by atoms with Crippen molar-refractivity contribution in [3.63, 3.8) is 0 Å². The van der Waals surface area contributed by atoms with E-state index < -0.39 is 0 Å². The first-order chi connectivity index (χ1) is 7.84. The van der Waals surface area contributed by atoms with Gasteiger partial charge in [0.15, 0.2) is 0 Å². The van der Waals surface area contributed by atoms with Crippen LogP contribution in [0.3, 0.4) is 0 Å². The predicted octanol–water partition coefficient (Wildman–Crippen LogP) is 2.33. The SMILES string of the molecule is Oc1ccc2[nH]cc(-c3cncnc3)c2c1. The quantitative estimate of drug-likeness (QED) is 0.649. The molecule has 0 saturated heterocycles. The van der Waals surface area contributed by atoms with Gasteiger partial charge in [-0.25, -0.2) is 9.97 Å². The van der Waals surface area contributed by atoms with E-state index in [2.05, 4.69) is 15.0 Å². The lowest BCUT2D eigenvalue weighted by atomic mass is 10.1. The van der Waals surface area contributed by atoms with Crippen molar-refractivity contribution in [3.8, 4) is 16.9 Å². The summed E-state index contributed by atoms with van der Waals surface area (Å²) < 4.78 is 0. The Kier molecular flexibility index (Phi) is 1.86. The number of H-pyrrole nitrogens is 1. The van der Waals surface area contributed by atoms with Crippen molar-refractivity contribution < 1.29 is 5.11 Å². The minimum Gasteiger partial charge on any atom is -0.508 e. The maximum absolute atomic E-state index is 9.47. The van der Waals surface area contributed by atoms with Crippen LogP contribution < -0.4 is 0 Å². The van der Waals surface area contributed by atoms with E-state index in [1.54, 1.807) is 24.5 Å². The van der Waals surface area contributed by atoms with Gasteiger partial charge in [0, 0.05) is 40.6 Å². The second kappa shape index (κ2) is 3.34. The van der Waals surface area contributed by atoms with E-state index in [1.165, 1.54) is 6.33 Å². The molecular formula is C12H9N3O. The predicted molar refractivity (Wildman–Crippen MR) is 61.0 cm³/mol. The molecule has 0 unspecified atom stereocenters. The molecule has 0 bridgehead atoms. The summed E-state index contributed by atoms with van der Waals surface area (Å²) in [6.07, 6.45) is 6.89. The summed E-state index contributed by atoms with van der Waals surface area (Å²) in [6.45, 7) is 0. The third-order valence-electron chi connectivity index (χ3n) is 2.54. The highest BCUT2D eigenvalue weighted by Gasteiger charge is 2.06. The van der Waals surface area contributed by atoms with Crippen molar-refractivity contribution >= 4 is 10.9 Å². The number of nitrogens with zero attached hydrogens (tertiary/aromatic N) is 2. The normalized spacial score (nSPS) is 10.8. The number of fused-ring (bicyclic) bond motifs is 1. The summed E-state index contributed by atoms with van der Waals surface area (Å²) >= 11 is 0. The Labute approximate surface area is 91.6 Å². The van der Waals surface area contributed by atoms with E-state index in [0.717, 1.165) is 22.0 Å². The summed E-state index contributed by atoms with van der Waals surface area (Å²) in [5.74, 6) is 0.255. The number of nitrogens with one attached hydrogen (secondary N) is 1. The molecule has 0 atom stereocenters. The first-order valence-corrected chi connectivity index (χ1v) is 4.90. The molecule has 4 heteroatoms. The van der Waals surface area contributed by atoms with Crippen LogP contribution in [0.25, 0.3) is 22.0 Å². The molecule has 0 aliphatic heterocycles. The molecule has 0 spiro atoms. The van der Waals surface area contributed by atoms with Crippen LogP contribution in [0, 0.1) is 0 Å². The molecule has 2 N–H and O–H groups in total. The van der Waals surface area contributed by atoms with Crippen LogP contribution >= 0.6 is 0 Å². The Bertz CT molecular complexity index is 631. The molecule has 2 aromatic heterocycles. The Balaban J connectivity index is 2.29. The number of aromatic hydroxyl groups is 1. The topological polar surface area (TPSA) is 61.8 Å². The van der Waals surface area contributed by atoms with Crippen LogP contribution in [-0.4, -0.2) is 20.1 Å². The van der Waals surface area contributed by atoms with E-state index in [9.17, 15) is 5.11 Å². The van der Waals surface area contributed by atoms with Gasteiger partial charge < -0.3 is 10.1 Å². The van der Waals surface area contributed by atoms with E-state index in [0.29, 0.717) is 0 Å². The van der Waals surface area contributed by atoms with Crippen molar-refractivity contribution in [2.75, 3.05) is 0 Å². The lowest BCUT2D eigenvalue weighted by molar-refractivity contribution is 0.476. The fourth-order valence-electron chi connectivity index (χ4n) is 1.79. The Morgan fingerprint density at radius 2 is 1.94 bits per heavy atom. The van der Waals surface area contributed by atoms with Gasteiger partial charge in [0.05, 0.1) is 0 Å². The van der Waals surface area contributed by atoms with Crippen LogP contribution in [0.1, 0.15) is 0 Å². The largest absolute Gasteiger partial charge is 0.508 e. The number of phenols is 1. The van der Waals surface area contributed by atoms with E-state index in [1.807, 2.05) is 12.3 Å². The zero-order valence-corrected chi connectivity index (χ0v) is 8.38. The van der Waals surface area contributed by atoms with Crippen LogP contribution in [0.2, 0.25) is 0 Å². The zero-order valence-electron chi connectivity index (χ0n) is 8.38. The van der Waals surface area contributed by atoms with Gasteiger partial charge in [-0.2, -0.15) is 0 Å². The third kappa shape index (κ3) is 1.32. The second-order valence-corrected chi connectivity index (χ2v) is 3.56. The van der Waals surface area contributed by atoms with Crippen LogP contribution in [0.5, 0.6) is 5.75 Å². The average Bonchev–Trinajstić information content (AvgIpc) is 2.73. The molecule has 0 fully saturated rings. The summed E-state index contributed by atoms with van der Waals surface area (Å²) in [5.41, 5.74) is 2.91. The summed E-state index contributed by atoms with van der Waals surface area (Å²) in [7, 11) is 0. The fourth-order valence-corrected chi connectivity index (χ4v) is 1.79. The molecule has 4 nitrogen and oxygen atoms in total. The maximum Gasteiger partial charge on any atom is 0.116 e. The fraction of sp³-hybridized carbons (Fsp3) is 0. The second-order valence-electron chi connectivity index (χ2n) is 3.56. The number of hydrogen-bond donors (Lipinski definition) is 2. The van der Waals surface area contributed by atoms with Crippen molar-refractivity contribution in [1.82, 2.24) is 15.0 Å². The zero-order chi connectivity index (χ0) is 11.0. The molecule has 3 rings (SSSR count). The lowest BCUT2D eigenvalue weighted by Gasteiger charge is -1.98. The molecule has 0 aliphatic carbocycles. The van der Waals surface area contributed by atoms with E-state index in [-0.39, 0.29) is 5.75 Å². The van der Waals surface area contributed by atoms with Gasteiger partial charge in [-0.1, -0.05) is 0 Å². The molecule has 1 aromatic carbocycles. The molecule has 0 radical (unpaired) electrons. The molecule has 78 valence electrons. The van der Waals surface area contributed by atoms with Gasteiger partial charge in [-0.15, -0.1) is 0 Å². The molecule has 0 saturated carbocycles. The minimum atomic E-state index is 0.255. The lowest BCUT2D eigenvalue weighted by Crippen LogP contribution is -1.80. The van der Waals surface area contributed by atoms with E-state index >= 15 is 0 Å². The Morgan fingerprint density at radius 1 is 1.12 bits per heavy atom.